The average Bonchev–Trinajstić information content (AvgIpc) is 3.05. The van der Waals surface area contributed by atoms with Crippen molar-refractivity contribution >= 4 is 39.3 Å². The van der Waals surface area contributed by atoms with E-state index in [1.807, 2.05) is 30.3 Å². The SMILES string of the molecule is O=C(Nc1ccc(Br)cc1F)c1occc1CSc1ccccc1. The number of hydrogen-bond donors (Lipinski definition) is 1. The monoisotopic (exact) mass is 405 g/mol. The zero-order valence-corrected chi connectivity index (χ0v) is 14.9. The maximum atomic E-state index is 13.8. The summed E-state index contributed by atoms with van der Waals surface area (Å²) >= 11 is 4.78. The van der Waals surface area contributed by atoms with Crippen LogP contribution in [-0.2, 0) is 5.75 Å². The van der Waals surface area contributed by atoms with Crippen molar-refractivity contribution in [3.8, 4) is 0 Å². The van der Waals surface area contributed by atoms with E-state index in [-0.39, 0.29) is 11.4 Å². The fourth-order valence-corrected chi connectivity index (χ4v) is 3.33. The lowest BCUT2D eigenvalue weighted by Crippen LogP contribution is -2.13. The lowest BCUT2D eigenvalue weighted by atomic mass is 10.2. The molecule has 6 heteroatoms. The summed E-state index contributed by atoms with van der Waals surface area (Å²) in [6.07, 6.45) is 1.47. The summed E-state index contributed by atoms with van der Waals surface area (Å²) in [6.45, 7) is 0. The van der Waals surface area contributed by atoms with E-state index >= 15 is 0 Å². The minimum atomic E-state index is -0.510. The summed E-state index contributed by atoms with van der Waals surface area (Å²) < 4.78 is 19.7. The van der Waals surface area contributed by atoms with Gasteiger partial charge in [-0.05, 0) is 36.4 Å². The van der Waals surface area contributed by atoms with Gasteiger partial charge >= 0.3 is 0 Å². The Kier molecular flexibility index (Phi) is 5.37. The van der Waals surface area contributed by atoms with Gasteiger partial charge in [-0.3, -0.25) is 4.79 Å². The lowest BCUT2D eigenvalue weighted by molar-refractivity contribution is 0.0995. The number of rotatable bonds is 5. The van der Waals surface area contributed by atoms with E-state index in [4.69, 9.17) is 4.42 Å². The highest BCUT2D eigenvalue weighted by molar-refractivity contribution is 9.10. The molecule has 3 nitrogen and oxygen atoms in total. The number of thioether (sulfide) groups is 1. The maximum Gasteiger partial charge on any atom is 0.291 e. The molecule has 0 unspecified atom stereocenters. The van der Waals surface area contributed by atoms with Gasteiger partial charge in [0.2, 0.25) is 0 Å². The van der Waals surface area contributed by atoms with E-state index < -0.39 is 11.7 Å². The number of nitrogens with one attached hydrogen (secondary N) is 1. The third-order valence-corrected chi connectivity index (χ3v) is 4.82. The van der Waals surface area contributed by atoms with E-state index in [2.05, 4.69) is 21.2 Å². The van der Waals surface area contributed by atoms with Crippen LogP contribution in [0.25, 0.3) is 0 Å². The van der Waals surface area contributed by atoms with Crippen LogP contribution < -0.4 is 5.32 Å². The lowest BCUT2D eigenvalue weighted by Gasteiger charge is -2.07. The van der Waals surface area contributed by atoms with E-state index in [0.717, 1.165) is 10.5 Å². The zero-order chi connectivity index (χ0) is 16.9. The smallest absolute Gasteiger partial charge is 0.291 e. The molecule has 0 aliphatic rings. The number of hydrogen-bond acceptors (Lipinski definition) is 3. The van der Waals surface area contributed by atoms with Crippen molar-refractivity contribution in [2.24, 2.45) is 0 Å². The van der Waals surface area contributed by atoms with Crippen molar-refractivity contribution in [3.63, 3.8) is 0 Å². The third kappa shape index (κ3) is 4.07. The summed E-state index contributed by atoms with van der Waals surface area (Å²) in [5.74, 6) is -0.193. The molecule has 3 aromatic rings. The highest BCUT2D eigenvalue weighted by Gasteiger charge is 2.17. The number of furan rings is 1. The van der Waals surface area contributed by atoms with Gasteiger partial charge in [0.1, 0.15) is 5.82 Å². The van der Waals surface area contributed by atoms with Gasteiger partial charge in [0, 0.05) is 20.7 Å². The summed E-state index contributed by atoms with van der Waals surface area (Å²) in [5.41, 5.74) is 0.875. The van der Waals surface area contributed by atoms with Crippen molar-refractivity contribution < 1.29 is 13.6 Å². The first-order valence-electron chi connectivity index (χ1n) is 7.14. The predicted molar refractivity (Wildman–Crippen MR) is 96.8 cm³/mol. The summed E-state index contributed by atoms with van der Waals surface area (Å²) in [6, 6.07) is 16.1. The normalized spacial score (nSPS) is 10.6. The first kappa shape index (κ1) is 16.8. The maximum absolute atomic E-state index is 13.8. The van der Waals surface area contributed by atoms with Gasteiger partial charge in [-0.2, -0.15) is 0 Å². The van der Waals surface area contributed by atoms with Crippen LogP contribution in [0.2, 0.25) is 0 Å². The summed E-state index contributed by atoms with van der Waals surface area (Å²) in [4.78, 5) is 13.5. The Morgan fingerprint density at radius 3 is 2.71 bits per heavy atom. The van der Waals surface area contributed by atoms with Crippen LogP contribution in [0, 0.1) is 5.82 Å². The number of anilines is 1. The number of carbonyl (C=O) groups excluding carboxylic acids is 1. The molecule has 1 heterocycles. The van der Waals surface area contributed by atoms with Gasteiger partial charge in [0.25, 0.3) is 5.91 Å². The molecule has 0 radical (unpaired) electrons. The molecular weight excluding hydrogens is 393 g/mol. The third-order valence-electron chi connectivity index (χ3n) is 3.27. The van der Waals surface area contributed by atoms with Crippen molar-refractivity contribution in [2.75, 3.05) is 5.32 Å². The fraction of sp³-hybridized carbons (Fsp3) is 0.0556. The topological polar surface area (TPSA) is 42.2 Å². The van der Waals surface area contributed by atoms with Crippen LogP contribution in [0.5, 0.6) is 0 Å². The van der Waals surface area contributed by atoms with Gasteiger partial charge in [0.05, 0.1) is 12.0 Å². The average molecular weight is 406 g/mol. The Bertz CT molecular complexity index is 851. The molecule has 0 fully saturated rings. The van der Waals surface area contributed by atoms with Crippen LogP contribution in [-0.4, -0.2) is 5.91 Å². The molecule has 122 valence electrons. The van der Waals surface area contributed by atoms with Gasteiger partial charge in [-0.15, -0.1) is 11.8 Å². The second kappa shape index (κ2) is 7.68. The van der Waals surface area contributed by atoms with Crippen LogP contribution >= 0.6 is 27.7 Å². The fourth-order valence-electron chi connectivity index (χ4n) is 2.10. The minimum Gasteiger partial charge on any atom is -0.459 e. The summed E-state index contributed by atoms with van der Waals surface area (Å²) in [7, 11) is 0. The molecule has 0 aliphatic carbocycles. The highest BCUT2D eigenvalue weighted by Crippen LogP contribution is 2.26. The van der Waals surface area contributed by atoms with Gasteiger partial charge in [-0.25, -0.2) is 4.39 Å². The quantitative estimate of drug-likeness (QED) is 0.551. The molecular formula is C18H13BrFNO2S. The van der Waals surface area contributed by atoms with Gasteiger partial charge < -0.3 is 9.73 Å². The minimum absolute atomic E-state index is 0.112. The van der Waals surface area contributed by atoms with Gasteiger partial charge in [-0.1, -0.05) is 34.1 Å². The number of benzene rings is 2. The molecule has 0 spiro atoms. The van der Waals surface area contributed by atoms with Crippen molar-refractivity contribution in [1.82, 2.24) is 0 Å². The van der Waals surface area contributed by atoms with Crippen LogP contribution in [0.4, 0.5) is 10.1 Å². The summed E-state index contributed by atoms with van der Waals surface area (Å²) in [5, 5.41) is 2.54. The van der Waals surface area contributed by atoms with Crippen molar-refractivity contribution in [1.29, 1.82) is 0 Å². The van der Waals surface area contributed by atoms with Crippen molar-refractivity contribution in [2.45, 2.75) is 10.6 Å². The Labute approximate surface area is 151 Å². The molecule has 1 aromatic heterocycles. The highest BCUT2D eigenvalue weighted by atomic mass is 79.9. The Hall–Kier alpha value is -2.05. The molecule has 1 N–H and O–H groups in total. The first-order chi connectivity index (χ1) is 11.6. The van der Waals surface area contributed by atoms with Crippen LogP contribution in [0.3, 0.4) is 0 Å². The number of amides is 1. The van der Waals surface area contributed by atoms with E-state index in [1.165, 1.54) is 18.4 Å². The zero-order valence-electron chi connectivity index (χ0n) is 12.5. The van der Waals surface area contributed by atoms with E-state index in [0.29, 0.717) is 10.2 Å². The van der Waals surface area contributed by atoms with Crippen LogP contribution in [0.1, 0.15) is 16.1 Å². The molecule has 3 rings (SSSR count). The van der Waals surface area contributed by atoms with Crippen molar-refractivity contribution in [3.05, 3.63) is 82.5 Å². The molecule has 2 aromatic carbocycles. The molecule has 0 atom stereocenters. The standard InChI is InChI=1S/C18H13BrFNO2S/c19-13-6-7-16(15(20)10-13)21-18(22)17-12(8-9-23-17)11-24-14-4-2-1-3-5-14/h1-10H,11H2,(H,21,22). The molecule has 0 saturated heterocycles. The molecule has 0 bridgehead atoms. The second-order valence-electron chi connectivity index (χ2n) is 4.95. The van der Waals surface area contributed by atoms with E-state index in [1.54, 1.807) is 23.9 Å². The molecule has 1 amide bonds. The number of carbonyl (C=O) groups is 1. The first-order valence-corrected chi connectivity index (χ1v) is 8.92. The van der Waals surface area contributed by atoms with Gasteiger partial charge in [0.15, 0.2) is 5.76 Å². The largest absolute Gasteiger partial charge is 0.459 e. The molecule has 24 heavy (non-hydrogen) atoms. The number of halogens is 2. The predicted octanol–water partition coefficient (Wildman–Crippen LogP) is 5.73. The Balaban J connectivity index is 1.71. The van der Waals surface area contributed by atoms with Crippen LogP contribution in [0.15, 0.2) is 74.6 Å². The Morgan fingerprint density at radius 1 is 1.17 bits per heavy atom. The molecule has 0 aliphatic heterocycles. The second-order valence-corrected chi connectivity index (χ2v) is 6.92. The molecule has 0 saturated carbocycles. The Morgan fingerprint density at radius 2 is 1.96 bits per heavy atom. The van der Waals surface area contributed by atoms with E-state index in [9.17, 15) is 9.18 Å².